The summed E-state index contributed by atoms with van der Waals surface area (Å²) in [4.78, 5) is 21.8. The van der Waals surface area contributed by atoms with E-state index >= 15 is 0 Å². The fourth-order valence-electron chi connectivity index (χ4n) is 0.944. The van der Waals surface area contributed by atoms with Gasteiger partial charge in [0, 0.05) is 0 Å². The Balaban J connectivity index is 0. The van der Waals surface area contributed by atoms with Crippen LogP contribution in [0, 0.1) is 0 Å². The third-order valence-electron chi connectivity index (χ3n) is 1.73. The Morgan fingerprint density at radius 1 is 1.62 bits per heavy atom. The van der Waals surface area contributed by atoms with E-state index in [1.54, 1.807) is 6.41 Å². The van der Waals surface area contributed by atoms with E-state index < -0.39 is 12.0 Å². The number of unbranched alkanes of at least 4 members (excludes halogenated alkanes) is 1. The van der Waals surface area contributed by atoms with Gasteiger partial charge in [-0.05, 0) is 13.5 Å². The Labute approximate surface area is 72.2 Å². The first kappa shape index (κ1) is 13.5. The Morgan fingerprint density at radius 2 is 2.15 bits per heavy atom. The van der Waals surface area contributed by atoms with Gasteiger partial charge in [0.15, 0.2) is 0 Å². The molecule has 0 aromatic rings. The van der Waals surface area contributed by atoms with Crippen molar-refractivity contribution in [1.29, 1.82) is 0 Å². The average molecular weight is 429 g/mol. The predicted molar refractivity (Wildman–Crippen MR) is 44.4 cm³/mol. The maximum Gasteiger partial charge on any atom is 0.323 e. The normalized spacial score (nSPS) is 11.2. The van der Waals surface area contributed by atoms with Crippen molar-refractivity contribution in [2.24, 2.45) is 0 Å². The van der Waals surface area contributed by atoms with Crippen LogP contribution in [0.3, 0.4) is 0 Å². The molecule has 0 radical (unpaired) electrons. The molecule has 5 heteroatoms. The van der Waals surface area contributed by atoms with E-state index in [4.69, 9.17) is 5.11 Å². The summed E-state index contributed by atoms with van der Waals surface area (Å²) in [5, 5.41) is 8.68. The second-order valence-electron chi connectivity index (χ2n) is 2.70. The molecule has 0 spiro atoms. The Kier molecular flexibility index (Phi) is 6.91. The number of likely N-dealkylation sites (N-methyl/N-ethyl adjacent to an activating group) is 1. The molecule has 1 N–H and O–H groups in total. The van der Waals surface area contributed by atoms with E-state index in [9.17, 15) is 9.59 Å². The smallest absolute Gasteiger partial charge is 0.323 e. The first-order chi connectivity index (χ1) is 5.63. The number of carboxylic acid groups (broad SMARTS) is 1. The topological polar surface area (TPSA) is 57.6 Å². The van der Waals surface area contributed by atoms with Gasteiger partial charge in [0.05, 0.1) is 6.04 Å². The molecule has 1 amide bonds. The van der Waals surface area contributed by atoms with Crippen LogP contribution in [-0.2, 0) is 9.59 Å². The number of carbonyl (C=O) groups is 1. The maximum absolute atomic E-state index is 10.6. The van der Waals surface area contributed by atoms with Crippen LogP contribution in [0.5, 0.6) is 0 Å². The van der Waals surface area contributed by atoms with E-state index in [0.29, 0.717) is 6.42 Å². The standard InChI is InChI=1S/C8H14NO3.Fm/c1-3-4-5-7(8(11)12)9(2)6-10;/h7H,3-5H2,1-2H3,(H,11,12);/q-1;/t7-;/m0./s1. The van der Waals surface area contributed by atoms with Gasteiger partial charge in [-0.3, -0.25) is 4.79 Å². The molecular weight excluding hydrogens is 415 g/mol. The maximum atomic E-state index is 10.6. The van der Waals surface area contributed by atoms with Gasteiger partial charge in [0.1, 0.15) is 0 Å². The van der Waals surface area contributed by atoms with Crippen molar-refractivity contribution in [2.45, 2.75) is 32.2 Å². The summed E-state index contributed by atoms with van der Waals surface area (Å²) in [7, 11) is 1.43. The van der Waals surface area contributed by atoms with Crippen LogP contribution in [0.4, 0.5) is 0 Å². The van der Waals surface area contributed by atoms with Crippen molar-refractivity contribution in [3.05, 3.63) is 0 Å². The largest absolute Gasteiger partial charge is 0.520 e. The molecular formula is C8H14FmNO3-. The molecule has 0 aromatic carbocycles. The minimum Gasteiger partial charge on any atom is -0.520 e. The van der Waals surface area contributed by atoms with Gasteiger partial charge in [0.2, 0.25) is 0 Å². The second kappa shape index (κ2) is 6.64. The fourth-order valence-corrected chi connectivity index (χ4v) is 0.944. The zero-order valence-electron chi connectivity index (χ0n) is 7.70. The molecule has 4 nitrogen and oxygen atoms in total. The molecule has 0 aliphatic carbocycles. The molecule has 82 valence electrons. The van der Waals surface area contributed by atoms with Gasteiger partial charge in [-0.1, -0.05) is 19.8 Å². The number of amides is 1. The van der Waals surface area contributed by atoms with Crippen LogP contribution < -0.4 is 0 Å². The van der Waals surface area contributed by atoms with Crippen molar-refractivity contribution < 1.29 is 14.7 Å². The Bertz CT molecular complexity index is 163. The molecule has 0 aliphatic heterocycles. The van der Waals surface area contributed by atoms with Crippen LogP contribution >= 0.6 is 0 Å². The molecule has 13 heavy (non-hydrogen) atoms. The van der Waals surface area contributed by atoms with Crippen LogP contribution in [0.15, 0.2) is 0 Å². The molecule has 0 aliphatic rings. The van der Waals surface area contributed by atoms with Gasteiger partial charge in [-0.2, -0.15) is 6.41 Å². The summed E-state index contributed by atoms with van der Waals surface area (Å²) in [5.41, 5.74) is 0. The van der Waals surface area contributed by atoms with Gasteiger partial charge >= 0.3 is 5.97 Å². The minimum atomic E-state index is -0.964. The van der Waals surface area contributed by atoms with Crippen LogP contribution in [-0.4, -0.2) is 35.5 Å². The van der Waals surface area contributed by atoms with E-state index in [1.165, 1.54) is 7.05 Å². The Morgan fingerprint density at radius 3 is 2.46 bits per heavy atom. The molecule has 0 rings (SSSR count). The van der Waals surface area contributed by atoms with Gasteiger partial charge in [-0.25, -0.2) is 0 Å². The molecule has 0 heterocycles. The van der Waals surface area contributed by atoms with Crippen molar-refractivity contribution in [3.8, 4) is 0 Å². The molecule has 0 bridgehead atoms. The summed E-state index contributed by atoms with van der Waals surface area (Å²) in [6.07, 6.45) is 3.79. The minimum absolute atomic E-state index is 0. The number of carboxylic acids is 1. The zero-order valence-corrected chi connectivity index (χ0v) is 10.1. The zero-order chi connectivity index (χ0) is 9.56. The van der Waals surface area contributed by atoms with Crippen LogP contribution in [0.2, 0.25) is 0 Å². The van der Waals surface area contributed by atoms with Gasteiger partial charge < -0.3 is 14.8 Å². The third kappa shape index (κ3) is 4.40. The predicted octanol–water partition coefficient (Wildman–Crippen LogP) is 0.629. The number of rotatable bonds is 6. The summed E-state index contributed by atoms with van der Waals surface area (Å²) in [5.74, 6) is -0.964. The monoisotopic (exact) mass is 429 g/mol. The number of carbonyl (C=O) groups excluding carboxylic acids is 1. The number of hydrogen-bond acceptors (Lipinski definition) is 2. The third-order valence-corrected chi connectivity index (χ3v) is 1.73. The molecule has 0 aromatic heterocycles. The second-order valence-corrected chi connectivity index (χ2v) is 2.70. The van der Waals surface area contributed by atoms with E-state index in [-0.39, 0.29) is 0 Å². The Hall–Kier alpha value is -2.06. The van der Waals surface area contributed by atoms with E-state index in [1.807, 2.05) is 6.92 Å². The molecule has 0 saturated heterocycles. The van der Waals surface area contributed by atoms with Crippen molar-refractivity contribution in [2.75, 3.05) is 7.05 Å². The first-order valence-electron chi connectivity index (χ1n) is 3.96. The van der Waals surface area contributed by atoms with Crippen molar-refractivity contribution in [3.63, 3.8) is 0 Å². The molecule has 0 unspecified atom stereocenters. The van der Waals surface area contributed by atoms with E-state index in [0.717, 1.165) is 17.7 Å². The van der Waals surface area contributed by atoms with Crippen molar-refractivity contribution in [1.82, 2.24) is 4.90 Å². The number of aliphatic carboxylic acids is 1. The fraction of sp³-hybridized carbons (Fsp3) is 0.750. The SMILES string of the molecule is CCCC[C@@H](C(=O)O)N(C)[C-]=O.[Fm]. The van der Waals surface area contributed by atoms with Crippen molar-refractivity contribution >= 4 is 12.4 Å². The quantitative estimate of drug-likeness (QED) is 0.498. The summed E-state index contributed by atoms with van der Waals surface area (Å²) < 4.78 is 0. The first-order valence-corrected chi connectivity index (χ1v) is 3.96. The average Bonchev–Trinajstić information content (AvgIpc) is 2.04. The van der Waals surface area contributed by atoms with Gasteiger partial charge in [0.25, 0.3) is 0 Å². The van der Waals surface area contributed by atoms with Gasteiger partial charge in [-0.15, -0.1) is 0 Å². The molecule has 1 atom stereocenters. The van der Waals surface area contributed by atoms with E-state index in [2.05, 4.69) is 0 Å². The molecule has 0 saturated carbocycles. The summed E-state index contributed by atoms with van der Waals surface area (Å²) in [6, 6.07) is -0.720. The molecule has 0 fully saturated rings. The summed E-state index contributed by atoms with van der Waals surface area (Å²) >= 11 is 0. The van der Waals surface area contributed by atoms with Crippen LogP contribution in [0.1, 0.15) is 26.2 Å². The number of hydrogen-bond donors (Lipinski definition) is 1. The summed E-state index contributed by atoms with van der Waals surface area (Å²) in [6.45, 7) is 1.98. The number of nitrogens with zero attached hydrogens (tertiary/aromatic N) is 1. The van der Waals surface area contributed by atoms with Crippen LogP contribution in [0.25, 0.3) is 0 Å².